The summed E-state index contributed by atoms with van der Waals surface area (Å²) in [6.45, 7) is 2.34. The number of carbonyl (C=O) groups is 8. The first-order valence-corrected chi connectivity index (χ1v) is 30.0. The molecule has 18 nitrogen and oxygen atoms in total. The summed E-state index contributed by atoms with van der Waals surface area (Å²) in [4.78, 5) is 130. The number of primary amides is 1. The Kier molecular flexibility index (Phi) is 20.8. The number of imide groups is 1. The SMILES string of the molecule is CCCC[C@H](NC(=O)c1ccc2ccc(C(F)(F)P(=O)(O)O)cc2c1)C(=O)N1C[C@H](OCCCCCCC#Cc2cccc3c2CN(C2CCC(=O)NC2=O)C3=O)C[C@H]1C(=O)N[C@@H](CCC(N)=O)C(=O)CC(c1ccccc1)c1ccccc1. The average molecular weight is 1170 g/mol. The van der Waals surface area contributed by atoms with E-state index in [2.05, 4.69) is 27.8 Å². The highest BCUT2D eigenvalue weighted by Gasteiger charge is 2.50. The number of hydrogen-bond acceptors (Lipinski definition) is 10. The molecule has 2 saturated heterocycles. The number of benzene rings is 5. The summed E-state index contributed by atoms with van der Waals surface area (Å²) in [5, 5.41) is 8.47. The van der Waals surface area contributed by atoms with Crippen molar-refractivity contribution in [1.82, 2.24) is 25.8 Å². The molecule has 0 aromatic heterocycles. The summed E-state index contributed by atoms with van der Waals surface area (Å²) in [5.41, 5.74) is 3.77. The van der Waals surface area contributed by atoms with E-state index in [9.17, 15) is 61.5 Å². The van der Waals surface area contributed by atoms with Crippen LogP contribution in [0.15, 0.2) is 115 Å². The van der Waals surface area contributed by atoms with Gasteiger partial charge in [0.05, 0.1) is 12.1 Å². The van der Waals surface area contributed by atoms with Gasteiger partial charge in [-0.15, -0.1) is 0 Å². The molecule has 0 bridgehead atoms. The summed E-state index contributed by atoms with van der Waals surface area (Å²) in [6.07, 6.45) is 4.20. The highest BCUT2D eigenvalue weighted by Crippen LogP contribution is 2.59. The van der Waals surface area contributed by atoms with E-state index in [0.29, 0.717) is 42.2 Å². The Hall–Kier alpha value is -7.95. The summed E-state index contributed by atoms with van der Waals surface area (Å²) in [6, 6.07) is 27.1. The monoisotopic (exact) mass is 1170 g/mol. The van der Waals surface area contributed by atoms with Crippen molar-refractivity contribution in [2.75, 3.05) is 13.2 Å². The van der Waals surface area contributed by atoms with Crippen molar-refractivity contribution >= 4 is 65.5 Å². The number of nitrogens with two attached hydrogens (primary N) is 1. The fraction of sp³-hybridized carbons (Fsp3) is 0.397. The molecule has 7 amide bonds. The number of Topliss-reactive ketones (excluding diaryl/α,β-unsaturated/α-hetero) is 1. The van der Waals surface area contributed by atoms with E-state index in [4.69, 9.17) is 10.5 Å². The quantitative estimate of drug-likeness (QED) is 0.0135. The molecule has 3 aliphatic rings. The van der Waals surface area contributed by atoms with Gasteiger partial charge in [-0.05, 0) is 89.9 Å². The van der Waals surface area contributed by atoms with E-state index in [1.807, 2.05) is 73.7 Å². The van der Waals surface area contributed by atoms with Crippen molar-refractivity contribution in [3.63, 3.8) is 0 Å². The number of unbranched alkanes of at least 4 members (excludes halogenated alkanes) is 5. The molecule has 21 heteroatoms. The lowest BCUT2D eigenvalue weighted by Crippen LogP contribution is -2.55. The van der Waals surface area contributed by atoms with Gasteiger partial charge in [0, 0.05) is 80.0 Å². The third-order valence-electron chi connectivity index (χ3n) is 15.7. The third-order valence-corrected chi connectivity index (χ3v) is 16.7. The highest BCUT2D eigenvalue weighted by atomic mass is 31.2. The molecule has 5 aromatic rings. The minimum absolute atomic E-state index is 0.0291. The Morgan fingerprint density at radius 1 is 0.833 bits per heavy atom. The van der Waals surface area contributed by atoms with Gasteiger partial charge in [0.2, 0.25) is 29.5 Å². The summed E-state index contributed by atoms with van der Waals surface area (Å²) in [5.74, 6) is 1.82. The van der Waals surface area contributed by atoms with Gasteiger partial charge in [0.15, 0.2) is 5.78 Å². The van der Waals surface area contributed by atoms with Crippen molar-refractivity contribution in [1.29, 1.82) is 0 Å². The van der Waals surface area contributed by atoms with E-state index < -0.39 is 84.5 Å². The molecule has 5 atom stereocenters. The molecule has 0 radical (unpaired) electrons. The number of halogens is 2. The Morgan fingerprint density at radius 2 is 1.54 bits per heavy atom. The molecule has 0 spiro atoms. The van der Waals surface area contributed by atoms with E-state index in [1.54, 1.807) is 12.1 Å². The van der Waals surface area contributed by atoms with Crippen LogP contribution in [0.25, 0.3) is 10.8 Å². The number of hydrogen-bond donors (Lipinski definition) is 6. The lowest BCUT2D eigenvalue weighted by molar-refractivity contribution is -0.141. The Labute approximate surface area is 485 Å². The minimum Gasteiger partial charge on any atom is -0.376 e. The summed E-state index contributed by atoms with van der Waals surface area (Å²) < 4.78 is 47.6. The van der Waals surface area contributed by atoms with E-state index in [0.717, 1.165) is 48.1 Å². The number of ether oxygens (including phenoxy) is 1. The van der Waals surface area contributed by atoms with Crippen molar-refractivity contribution < 1.29 is 66.2 Å². The van der Waals surface area contributed by atoms with Crippen LogP contribution in [-0.2, 0) is 50.3 Å². The molecule has 8 rings (SSSR count). The first kappa shape index (κ1) is 62.1. The summed E-state index contributed by atoms with van der Waals surface area (Å²) >= 11 is 0. The lowest BCUT2D eigenvalue weighted by Gasteiger charge is -2.30. The standard InChI is InChI=1S/C63H69F2N6O12P/c1-2-3-24-52(68-58(75)44-26-25-40-27-28-46(35-45(40)34-44)63(64,65)84(80,81)82)62(79)70-38-47(36-54(70)60(77)67-51(29-31-56(66)73)55(72)37-49(41-17-11-8-12-18-41)42-19-13-9-14-20-42)83-33-15-7-5-4-6-10-21-43-22-16-23-48-50(43)39-71(61(48)78)53-30-32-57(74)69-59(53)76/h8-9,11-14,16-20,22-23,25-28,34-35,47,49,51-54H,2-7,15,24,29-33,36-39H2,1H3,(H2,66,73)(H,67,77)(H,68,75)(H,69,74,76)(H2,80,81,82)/t47-,51+,52+,53?,54+/m1/s1. The highest BCUT2D eigenvalue weighted by molar-refractivity contribution is 7.52. The van der Waals surface area contributed by atoms with Gasteiger partial charge in [0.1, 0.15) is 18.1 Å². The predicted octanol–water partition coefficient (Wildman–Crippen LogP) is 7.65. The van der Waals surface area contributed by atoms with E-state index in [1.165, 1.54) is 34.1 Å². The second-order valence-corrected chi connectivity index (χ2v) is 23.2. The van der Waals surface area contributed by atoms with Crippen molar-refractivity contribution in [3.05, 3.63) is 154 Å². The predicted molar refractivity (Wildman–Crippen MR) is 308 cm³/mol. The van der Waals surface area contributed by atoms with Gasteiger partial charge in [-0.2, -0.15) is 8.78 Å². The van der Waals surface area contributed by atoms with Gasteiger partial charge in [0.25, 0.3) is 11.8 Å². The molecule has 2 fully saturated rings. The zero-order valence-electron chi connectivity index (χ0n) is 46.6. The topological polar surface area (TPSA) is 272 Å². The van der Waals surface area contributed by atoms with Gasteiger partial charge in [-0.3, -0.25) is 48.2 Å². The van der Waals surface area contributed by atoms with Crippen LogP contribution in [0, 0.1) is 11.8 Å². The van der Waals surface area contributed by atoms with Gasteiger partial charge < -0.3 is 40.7 Å². The minimum atomic E-state index is -5.90. The fourth-order valence-electron chi connectivity index (χ4n) is 11.1. The number of nitrogens with zero attached hydrogens (tertiary/aromatic N) is 2. The average Bonchev–Trinajstić information content (AvgIpc) is 4.25. The van der Waals surface area contributed by atoms with Crippen LogP contribution in [0.2, 0.25) is 0 Å². The van der Waals surface area contributed by atoms with Crippen LogP contribution in [-0.4, -0.2) is 110 Å². The smallest absolute Gasteiger partial charge is 0.376 e. The number of fused-ring (bicyclic) bond motifs is 2. The molecular formula is C63H69F2N6O12P. The second kappa shape index (κ2) is 28.1. The number of rotatable bonds is 26. The zero-order valence-corrected chi connectivity index (χ0v) is 47.5. The van der Waals surface area contributed by atoms with Crippen molar-refractivity contribution in [2.24, 2.45) is 5.73 Å². The fourth-order valence-corrected chi connectivity index (χ4v) is 11.5. The summed E-state index contributed by atoms with van der Waals surface area (Å²) in [7, 11) is -5.90. The lowest BCUT2D eigenvalue weighted by atomic mass is 9.85. The first-order chi connectivity index (χ1) is 40.2. The van der Waals surface area contributed by atoms with Gasteiger partial charge in [-0.1, -0.05) is 129 Å². The van der Waals surface area contributed by atoms with Crippen molar-refractivity contribution in [3.8, 4) is 11.8 Å². The third kappa shape index (κ3) is 15.2. The molecule has 3 aliphatic heterocycles. The molecule has 1 unspecified atom stereocenters. The maximum Gasteiger partial charge on any atom is 0.399 e. The molecule has 7 N–H and O–H groups in total. The van der Waals surface area contributed by atoms with Crippen molar-refractivity contribution in [2.45, 2.75) is 145 Å². The van der Waals surface area contributed by atoms with Crippen LogP contribution in [0.5, 0.6) is 0 Å². The zero-order chi connectivity index (χ0) is 60.1. The van der Waals surface area contributed by atoms with Crippen LogP contribution in [0.1, 0.15) is 151 Å². The number of nitrogens with one attached hydrogen (secondary N) is 3. The largest absolute Gasteiger partial charge is 0.399 e. The molecule has 84 heavy (non-hydrogen) atoms. The number of carbonyl (C=O) groups excluding carboxylic acids is 8. The molecule has 442 valence electrons. The normalized spacial score (nSPS) is 17.7. The van der Waals surface area contributed by atoms with Crippen LogP contribution >= 0.6 is 7.60 Å². The van der Waals surface area contributed by atoms with E-state index >= 15 is 0 Å². The Morgan fingerprint density at radius 3 is 2.21 bits per heavy atom. The second-order valence-electron chi connectivity index (χ2n) is 21.6. The number of alkyl halides is 2. The Bertz CT molecular complexity index is 3350. The van der Waals surface area contributed by atoms with Gasteiger partial charge in [-0.25, -0.2) is 0 Å². The van der Waals surface area contributed by atoms with E-state index in [-0.39, 0.29) is 93.2 Å². The Balaban J connectivity index is 0.948. The maximum absolute atomic E-state index is 14.9. The van der Waals surface area contributed by atoms with Gasteiger partial charge >= 0.3 is 13.3 Å². The van der Waals surface area contributed by atoms with Crippen LogP contribution < -0.4 is 21.7 Å². The number of amides is 7. The number of likely N-dealkylation sites (tertiary alicyclic amines) is 1. The number of piperidine rings is 1. The molecule has 5 aromatic carbocycles. The van der Waals surface area contributed by atoms with Crippen LogP contribution in [0.4, 0.5) is 8.78 Å². The molecule has 3 heterocycles. The first-order valence-electron chi connectivity index (χ1n) is 28.4. The molecule has 0 saturated carbocycles. The molecular weight excluding hydrogens is 1100 g/mol. The van der Waals surface area contributed by atoms with Crippen LogP contribution in [0.3, 0.4) is 0 Å². The molecule has 0 aliphatic carbocycles. The number of ketones is 1. The maximum atomic E-state index is 14.9.